The van der Waals surface area contributed by atoms with E-state index in [1.807, 2.05) is 26.8 Å². The summed E-state index contributed by atoms with van der Waals surface area (Å²) in [7, 11) is 0. The van der Waals surface area contributed by atoms with Crippen molar-refractivity contribution in [1.29, 1.82) is 0 Å². The summed E-state index contributed by atoms with van der Waals surface area (Å²) in [5, 5.41) is 12.8. The third kappa shape index (κ3) is 4.05. The topological polar surface area (TPSA) is 71.5 Å². The number of aliphatic hydroxyl groups is 1. The molecule has 6 heteroatoms. The van der Waals surface area contributed by atoms with E-state index in [0.717, 1.165) is 28.1 Å². The number of alkyl carbamates (subject to hydrolysis) is 1. The lowest BCUT2D eigenvalue weighted by Crippen LogP contribution is -2.32. The summed E-state index contributed by atoms with van der Waals surface area (Å²) in [4.78, 5) is 16.3. The van der Waals surface area contributed by atoms with Crippen molar-refractivity contribution in [3.05, 3.63) is 28.8 Å². The molecule has 5 nitrogen and oxygen atoms in total. The van der Waals surface area contributed by atoms with Crippen LogP contribution in [0, 0.1) is 5.92 Å². The zero-order chi connectivity index (χ0) is 17.3. The summed E-state index contributed by atoms with van der Waals surface area (Å²) in [6.07, 6.45) is 1.70. The number of thiazole rings is 1. The molecule has 0 unspecified atom stereocenters. The minimum atomic E-state index is -0.498. The Balaban J connectivity index is 1.63. The predicted octanol–water partition coefficient (Wildman–Crippen LogP) is 3.81. The molecule has 3 rings (SSSR count). The molecule has 0 atom stereocenters. The van der Waals surface area contributed by atoms with Crippen LogP contribution in [-0.4, -0.2) is 28.4 Å². The molecule has 1 heterocycles. The van der Waals surface area contributed by atoms with E-state index >= 15 is 0 Å². The lowest BCUT2D eigenvalue weighted by atomic mass is 9.72. The number of fused-ring (bicyclic) bond motifs is 1. The Hall–Kier alpha value is -1.66. The van der Waals surface area contributed by atoms with Gasteiger partial charge in [-0.05, 0) is 63.1 Å². The van der Waals surface area contributed by atoms with Gasteiger partial charge in [0.25, 0.3) is 0 Å². The molecule has 1 aromatic carbocycles. The van der Waals surface area contributed by atoms with Gasteiger partial charge in [-0.1, -0.05) is 6.07 Å². The molecule has 2 aromatic rings. The van der Waals surface area contributed by atoms with Crippen LogP contribution >= 0.6 is 11.3 Å². The molecule has 0 aliphatic heterocycles. The van der Waals surface area contributed by atoms with Gasteiger partial charge >= 0.3 is 6.09 Å². The Morgan fingerprint density at radius 2 is 2.17 bits per heavy atom. The molecule has 130 valence electrons. The molecule has 1 fully saturated rings. The van der Waals surface area contributed by atoms with Gasteiger partial charge in [0, 0.05) is 6.61 Å². The number of carbonyl (C=O) groups is 1. The van der Waals surface area contributed by atoms with Crippen LogP contribution in [0.25, 0.3) is 10.2 Å². The largest absolute Gasteiger partial charge is 0.444 e. The number of nitrogens with zero attached hydrogens (tertiary/aromatic N) is 1. The Labute approximate surface area is 146 Å². The van der Waals surface area contributed by atoms with Gasteiger partial charge in [0.15, 0.2) is 0 Å². The fourth-order valence-corrected chi connectivity index (χ4v) is 3.89. The van der Waals surface area contributed by atoms with Crippen LogP contribution in [0.15, 0.2) is 18.2 Å². The fraction of sp³-hybridized carbons (Fsp3) is 0.556. The second-order valence-electron chi connectivity index (χ2n) is 7.41. The Morgan fingerprint density at radius 1 is 1.42 bits per heavy atom. The van der Waals surface area contributed by atoms with Crippen LogP contribution in [0.2, 0.25) is 0 Å². The van der Waals surface area contributed by atoms with E-state index in [1.165, 1.54) is 5.56 Å². The Kier molecular flexibility index (Phi) is 4.78. The minimum Gasteiger partial charge on any atom is -0.444 e. The zero-order valence-corrected chi connectivity index (χ0v) is 15.2. The lowest BCUT2D eigenvalue weighted by molar-refractivity contribution is 0.0523. The van der Waals surface area contributed by atoms with Gasteiger partial charge in [0.1, 0.15) is 10.6 Å². The van der Waals surface area contributed by atoms with Crippen LogP contribution in [-0.2, 0) is 11.3 Å². The summed E-state index contributed by atoms with van der Waals surface area (Å²) in [6.45, 7) is 6.19. The molecular formula is C18H24N2O3S. The van der Waals surface area contributed by atoms with Crippen molar-refractivity contribution in [2.75, 3.05) is 6.61 Å². The monoisotopic (exact) mass is 348 g/mol. The number of hydrogen-bond acceptors (Lipinski definition) is 5. The van der Waals surface area contributed by atoms with E-state index in [2.05, 4.69) is 22.4 Å². The second-order valence-corrected chi connectivity index (χ2v) is 8.52. The van der Waals surface area contributed by atoms with E-state index in [1.54, 1.807) is 11.3 Å². The Morgan fingerprint density at radius 3 is 2.83 bits per heavy atom. The van der Waals surface area contributed by atoms with Gasteiger partial charge in [-0.2, -0.15) is 0 Å². The van der Waals surface area contributed by atoms with Gasteiger partial charge in [0.05, 0.1) is 16.8 Å². The number of aromatic nitrogens is 1. The van der Waals surface area contributed by atoms with Crippen LogP contribution < -0.4 is 5.32 Å². The number of nitrogens with one attached hydrogen (secondary N) is 1. The SMILES string of the molecule is CC(C)(C)OC(=O)NCc1nc2ccc([C@H]3C[C@H](CO)C3)cc2s1. The summed E-state index contributed by atoms with van der Waals surface area (Å²) < 4.78 is 6.37. The molecule has 0 saturated heterocycles. The number of amides is 1. The molecule has 24 heavy (non-hydrogen) atoms. The fourth-order valence-electron chi connectivity index (χ4n) is 2.94. The molecule has 1 aromatic heterocycles. The highest BCUT2D eigenvalue weighted by Crippen LogP contribution is 2.42. The van der Waals surface area contributed by atoms with Crippen molar-refractivity contribution in [1.82, 2.24) is 10.3 Å². The maximum atomic E-state index is 11.7. The molecule has 1 amide bonds. The standard InChI is InChI=1S/C18H24N2O3S/c1-18(2,3)23-17(22)19-9-16-20-14-5-4-12(8-15(14)24-16)13-6-11(7-13)10-21/h4-5,8,11,13,21H,6-7,9-10H2,1-3H3,(H,19,22)/t11-,13-. The van der Waals surface area contributed by atoms with Gasteiger partial charge in [-0.25, -0.2) is 9.78 Å². The van der Waals surface area contributed by atoms with Crippen molar-refractivity contribution in [3.8, 4) is 0 Å². The van der Waals surface area contributed by atoms with E-state index in [0.29, 0.717) is 25.0 Å². The van der Waals surface area contributed by atoms with E-state index in [9.17, 15) is 4.79 Å². The highest BCUT2D eigenvalue weighted by atomic mass is 32.1. The molecule has 1 aliphatic carbocycles. The average molecular weight is 348 g/mol. The normalized spacial score (nSPS) is 20.7. The molecule has 1 aliphatic rings. The van der Waals surface area contributed by atoms with Gasteiger partial charge in [0.2, 0.25) is 0 Å². The minimum absolute atomic E-state index is 0.291. The van der Waals surface area contributed by atoms with Gasteiger partial charge in [-0.3, -0.25) is 0 Å². The lowest BCUT2D eigenvalue weighted by Gasteiger charge is -2.34. The molecule has 0 bridgehead atoms. The quantitative estimate of drug-likeness (QED) is 0.881. The van der Waals surface area contributed by atoms with Crippen LogP contribution in [0.5, 0.6) is 0 Å². The predicted molar refractivity (Wildman–Crippen MR) is 95.2 cm³/mol. The first-order valence-electron chi connectivity index (χ1n) is 8.31. The summed E-state index contributed by atoms with van der Waals surface area (Å²) in [5.74, 6) is 1.01. The van der Waals surface area contributed by atoms with E-state index in [4.69, 9.17) is 9.84 Å². The summed E-state index contributed by atoms with van der Waals surface area (Å²) >= 11 is 1.60. The van der Waals surface area contributed by atoms with E-state index in [-0.39, 0.29) is 0 Å². The van der Waals surface area contributed by atoms with Crippen molar-refractivity contribution in [3.63, 3.8) is 0 Å². The van der Waals surface area contributed by atoms with Crippen molar-refractivity contribution in [2.24, 2.45) is 5.92 Å². The van der Waals surface area contributed by atoms with E-state index < -0.39 is 11.7 Å². The number of rotatable bonds is 4. The maximum Gasteiger partial charge on any atom is 0.408 e. The second kappa shape index (κ2) is 6.69. The number of hydrogen-bond donors (Lipinski definition) is 2. The zero-order valence-electron chi connectivity index (χ0n) is 14.3. The third-order valence-corrected chi connectivity index (χ3v) is 5.22. The van der Waals surface area contributed by atoms with Crippen molar-refractivity contribution >= 4 is 27.6 Å². The maximum absolute atomic E-state index is 11.7. The van der Waals surface area contributed by atoms with Crippen LogP contribution in [0.3, 0.4) is 0 Å². The molecule has 0 spiro atoms. The van der Waals surface area contributed by atoms with Crippen LogP contribution in [0.1, 0.15) is 50.1 Å². The number of carbonyl (C=O) groups excluding carboxylic acids is 1. The first-order chi connectivity index (χ1) is 11.3. The van der Waals surface area contributed by atoms with Gasteiger partial charge < -0.3 is 15.2 Å². The molecular weight excluding hydrogens is 324 g/mol. The molecule has 2 N–H and O–H groups in total. The average Bonchev–Trinajstić information content (AvgIpc) is 2.84. The van der Waals surface area contributed by atoms with Crippen LogP contribution in [0.4, 0.5) is 4.79 Å². The molecule has 0 radical (unpaired) electrons. The number of benzene rings is 1. The summed E-state index contributed by atoms with van der Waals surface area (Å²) in [6, 6.07) is 6.37. The highest BCUT2D eigenvalue weighted by molar-refractivity contribution is 7.18. The first-order valence-corrected chi connectivity index (χ1v) is 9.13. The summed E-state index contributed by atoms with van der Waals surface area (Å²) in [5.41, 5.74) is 1.78. The molecule has 1 saturated carbocycles. The van der Waals surface area contributed by atoms with Crippen molar-refractivity contribution in [2.45, 2.75) is 51.7 Å². The van der Waals surface area contributed by atoms with Gasteiger partial charge in [-0.15, -0.1) is 11.3 Å². The smallest absolute Gasteiger partial charge is 0.408 e. The number of ether oxygens (including phenoxy) is 1. The third-order valence-electron chi connectivity index (χ3n) is 4.20. The first kappa shape index (κ1) is 17.2. The number of aliphatic hydroxyl groups excluding tert-OH is 1. The van der Waals surface area contributed by atoms with Crippen molar-refractivity contribution < 1.29 is 14.6 Å². The highest BCUT2D eigenvalue weighted by Gasteiger charge is 2.29. The Bertz CT molecular complexity index is 729.